The number of benzene rings is 2. The summed E-state index contributed by atoms with van der Waals surface area (Å²) in [4.78, 5) is 24.1. The lowest BCUT2D eigenvalue weighted by Gasteiger charge is -2.37. The van der Waals surface area contributed by atoms with Crippen LogP contribution in [0.25, 0.3) is 0 Å². The van der Waals surface area contributed by atoms with Gasteiger partial charge in [0, 0.05) is 56.8 Å². The number of piperazine rings is 1. The van der Waals surface area contributed by atoms with Crippen molar-refractivity contribution in [3.8, 4) is 0 Å². The SMILES string of the molecule is COC(=O)c1cc(N)ccc1N(CCN1CCN(c2ccccc2)CC1)Cc1ccccn1. The molecule has 0 bridgehead atoms. The third kappa shape index (κ3) is 5.81. The molecule has 0 atom stereocenters. The summed E-state index contributed by atoms with van der Waals surface area (Å²) in [6, 6.07) is 21.9. The summed E-state index contributed by atoms with van der Waals surface area (Å²) >= 11 is 0. The summed E-state index contributed by atoms with van der Waals surface area (Å²) in [5.41, 5.74) is 10.0. The molecule has 1 saturated heterocycles. The monoisotopic (exact) mass is 445 g/mol. The predicted molar refractivity (Wildman–Crippen MR) is 133 cm³/mol. The molecular formula is C26H31N5O2. The normalized spacial score (nSPS) is 14.2. The molecule has 0 unspecified atom stereocenters. The molecule has 0 saturated carbocycles. The van der Waals surface area contributed by atoms with E-state index in [1.54, 1.807) is 12.3 Å². The molecule has 3 aromatic rings. The number of carbonyl (C=O) groups excluding carboxylic acids is 1. The molecule has 1 aliphatic heterocycles. The van der Waals surface area contributed by atoms with Gasteiger partial charge < -0.3 is 20.3 Å². The van der Waals surface area contributed by atoms with E-state index in [9.17, 15) is 4.79 Å². The van der Waals surface area contributed by atoms with Crippen molar-refractivity contribution in [2.24, 2.45) is 0 Å². The number of aromatic nitrogens is 1. The molecule has 33 heavy (non-hydrogen) atoms. The first-order chi connectivity index (χ1) is 16.1. The van der Waals surface area contributed by atoms with Crippen molar-refractivity contribution in [3.63, 3.8) is 0 Å². The molecule has 2 N–H and O–H groups in total. The Morgan fingerprint density at radius 3 is 2.48 bits per heavy atom. The van der Waals surface area contributed by atoms with E-state index >= 15 is 0 Å². The summed E-state index contributed by atoms with van der Waals surface area (Å²) in [6.45, 7) is 6.24. The average molecular weight is 446 g/mol. The van der Waals surface area contributed by atoms with Crippen LogP contribution in [0.4, 0.5) is 17.1 Å². The Hall–Kier alpha value is -3.58. The van der Waals surface area contributed by atoms with E-state index in [4.69, 9.17) is 10.5 Å². The quantitative estimate of drug-likeness (QED) is 0.421. The molecule has 0 amide bonds. The van der Waals surface area contributed by atoms with E-state index in [1.807, 2.05) is 30.3 Å². The van der Waals surface area contributed by atoms with Crippen LogP contribution < -0.4 is 15.5 Å². The zero-order valence-electron chi connectivity index (χ0n) is 19.1. The van der Waals surface area contributed by atoms with Gasteiger partial charge >= 0.3 is 5.97 Å². The number of rotatable bonds is 8. The maximum atomic E-state index is 12.5. The van der Waals surface area contributed by atoms with E-state index < -0.39 is 0 Å². The summed E-state index contributed by atoms with van der Waals surface area (Å²) in [5.74, 6) is -0.389. The highest BCUT2D eigenvalue weighted by atomic mass is 16.5. The third-order valence-electron chi connectivity index (χ3n) is 6.03. The zero-order chi connectivity index (χ0) is 23.0. The second-order valence-corrected chi connectivity index (χ2v) is 8.18. The van der Waals surface area contributed by atoms with Crippen LogP contribution in [0.5, 0.6) is 0 Å². The molecule has 4 rings (SSSR count). The van der Waals surface area contributed by atoms with Crippen LogP contribution in [0.3, 0.4) is 0 Å². The topological polar surface area (TPSA) is 74.9 Å². The van der Waals surface area contributed by atoms with Crippen LogP contribution >= 0.6 is 0 Å². The average Bonchev–Trinajstić information content (AvgIpc) is 2.87. The standard InChI is InChI=1S/C26H31N5O2/c1-33-26(32)24-19-21(27)10-11-25(24)31(20-22-7-5-6-12-28-22)18-15-29-13-16-30(17-14-29)23-8-3-2-4-9-23/h2-12,19H,13-18,20,27H2,1H3. The van der Waals surface area contributed by atoms with Gasteiger partial charge in [-0.2, -0.15) is 0 Å². The summed E-state index contributed by atoms with van der Waals surface area (Å²) in [6.07, 6.45) is 1.79. The van der Waals surface area contributed by atoms with Crippen molar-refractivity contribution in [1.82, 2.24) is 9.88 Å². The highest BCUT2D eigenvalue weighted by molar-refractivity contribution is 5.97. The van der Waals surface area contributed by atoms with Crippen LogP contribution in [-0.2, 0) is 11.3 Å². The Kier molecular flexibility index (Phi) is 7.42. The van der Waals surface area contributed by atoms with Crippen LogP contribution in [-0.4, -0.2) is 62.2 Å². The summed E-state index contributed by atoms with van der Waals surface area (Å²) in [7, 11) is 1.39. The van der Waals surface area contributed by atoms with Gasteiger partial charge in [-0.1, -0.05) is 24.3 Å². The molecule has 2 heterocycles. The van der Waals surface area contributed by atoms with Crippen molar-refractivity contribution in [2.45, 2.75) is 6.54 Å². The lowest BCUT2D eigenvalue weighted by atomic mass is 10.1. The van der Waals surface area contributed by atoms with Gasteiger partial charge in [-0.15, -0.1) is 0 Å². The number of nitrogens with two attached hydrogens (primary N) is 1. The Labute approximate surface area is 195 Å². The molecule has 7 heteroatoms. The van der Waals surface area contributed by atoms with Crippen LogP contribution in [0.2, 0.25) is 0 Å². The van der Waals surface area contributed by atoms with Crippen LogP contribution in [0.1, 0.15) is 16.1 Å². The van der Waals surface area contributed by atoms with Gasteiger partial charge in [0.2, 0.25) is 0 Å². The molecule has 0 aliphatic carbocycles. The number of para-hydroxylation sites is 1. The highest BCUT2D eigenvalue weighted by Gasteiger charge is 2.21. The minimum atomic E-state index is -0.389. The number of hydrogen-bond acceptors (Lipinski definition) is 7. The molecule has 0 radical (unpaired) electrons. The van der Waals surface area contributed by atoms with Crippen molar-refractivity contribution in [3.05, 3.63) is 84.2 Å². The number of hydrogen-bond donors (Lipinski definition) is 1. The van der Waals surface area contributed by atoms with E-state index in [1.165, 1.54) is 12.8 Å². The molecule has 0 spiro atoms. The number of nitrogen functional groups attached to an aromatic ring is 1. The highest BCUT2D eigenvalue weighted by Crippen LogP contribution is 2.26. The Morgan fingerprint density at radius 1 is 1.03 bits per heavy atom. The van der Waals surface area contributed by atoms with Gasteiger partial charge in [-0.25, -0.2) is 4.79 Å². The Balaban J connectivity index is 1.47. The second-order valence-electron chi connectivity index (χ2n) is 8.18. The van der Waals surface area contributed by atoms with Gasteiger partial charge in [0.1, 0.15) is 0 Å². The lowest BCUT2D eigenvalue weighted by Crippen LogP contribution is -2.48. The number of carbonyl (C=O) groups is 1. The second kappa shape index (κ2) is 10.8. The first-order valence-electron chi connectivity index (χ1n) is 11.3. The number of pyridine rings is 1. The van der Waals surface area contributed by atoms with Gasteiger partial charge in [-0.05, 0) is 42.5 Å². The largest absolute Gasteiger partial charge is 0.465 e. The van der Waals surface area contributed by atoms with Gasteiger partial charge in [0.05, 0.1) is 30.6 Å². The molecule has 1 aliphatic rings. The van der Waals surface area contributed by atoms with E-state index in [0.29, 0.717) is 17.8 Å². The molecule has 7 nitrogen and oxygen atoms in total. The van der Waals surface area contributed by atoms with Crippen molar-refractivity contribution >= 4 is 23.0 Å². The molecule has 1 fully saturated rings. The minimum Gasteiger partial charge on any atom is -0.465 e. The number of nitrogens with zero attached hydrogens (tertiary/aromatic N) is 4. The van der Waals surface area contributed by atoms with Crippen molar-refractivity contribution < 1.29 is 9.53 Å². The number of esters is 1. The lowest BCUT2D eigenvalue weighted by molar-refractivity contribution is 0.0601. The number of anilines is 3. The van der Waals surface area contributed by atoms with Gasteiger partial charge in [0.25, 0.3) is 0 Å². The first-order valence-corrected chi connectivity index (χ1v) is 11.3. The third-order valence-corrected chi connectivity index (χ3v) is 6.03. The molecule has 172 valence electrons. The maximum Gasteiger partial charge on any atom is 0.340 e. The fraction of sp³-hybridized carbons (Fsp3) is 0.308. The molecule has 2 aromatic carbocycles. The summed E-state index contributed by atoms with van der Waals surface area (Å²) < 4.78 is 5.03. The maximum absolute atomic E-state index is 12.5. The molecule has 1 aromatic heterocycles. The van der Waals surface area contributed by atoms with Gasteiger partial charge in [-0.3, -0.25) is 9.88 Å². The number of ether oxygens (including phenoxy) is 1. The zero-order valence-corrected chi connectivity index (χ0v) is 19.1. The number of methoxy groups -OCH3 is 1. The van der Waals surface area contributed by atoms with Crippen LogP contribution in [0.15, 0.2) is 72.9 Å². The van der Waals surface area contributed by atoms with Crippen molar-refractivity contribution in [2.75, 3.05) is 61.9 Å². The van der Waals surface area contributed by atoms with E-state index in [-0.39, 0.29) is 5.97 Å². The van der Waals surface area contributed by atoms with Gasteiger partial charge in [0.15, 0.2) is 0 Å². The Morgan fingerprint density at radius 2 is 1.79 bits per heavy atom. The predicted octanol–water partition coefficient (Wildman–Crippen LogP) is 3.28. The molecular weight excluding hydrogens is 414 g/mol. The summed E-state index contributed by atoms with van der Waals surface area (Å²) in [5, 5.41) is 0. The smallest absolute Gasteiger partial charge is 0.340 e. The minimum absolute atomic E-state index is 0.389. The fourth-order valence-corrected chi connectivity index (χ4v) is 4.21. The van der Waals surface area contributed by atoms with Crippen molar-refractivity contribution in [1.29, 1.82) is 0 Å². The van der Waals surface area contributed by atoms with E-state index in [0.717, 1.165) is 50.6 Å². The van der Waals surface area contributed by atoms with E-state index in [2.05, 4.69) is 50.0 Å². The first kappa shape index (κ1) is 22.6. The van der Waals surface area contributed by atoms with Crippen LogP contribution in [0, 0.1) is 0 Å². The fourth-order valence-electron chi connectivity index (χ4n) is 4.21. The Bertz CT molecular complexity index is 1040.